The van der Waals surface area contributed by atoms with E-state index in [1.165, 1.54) is 0 Å². The molecule has 0 aromatic rings. The molecule has 1 atom stereocenters. The molecule has 0 fully saturated rings. The van der Waals surface area contributed by atoms with E-state index in [4.69, 9.17) is 4.74 Å². The highest BCUT2D eigenvalue weighted by atomic mass is 28.2. The highest BCUT2D eigenvalue weighted by molar-refractivity contribution is 6.05. The third kappa shape index (κ3) is 6.06. The first-order chi connectivity index (χ1) is 5.20. The van der Waals surface area contributed by atoms with E-state index in [9.17, 15) is 4.79 Å². The molecule has 4 heteroatoms. The van der Waals surface area contributed by atoms with E-state index in [-0.39, 0.29) is 12.1 Å². The first kappa shape index (κ1) is 10.6. The van der Waals surface area contributed by atoms with E-state index >= 15 is 0 Å². The van der Waals surface area contributed by atoms with Crippen molar-refractivity contribution in [2.24, 2.45) is 0 Å². The Hall–Kier alpha value is -0.353. The molecule has 0 aliphatic carbocycles. The Balaban J connectivity index is 3.20. The van der Waals surface area contributed by atoms with Crippen LogP contribution in [0.2, 0.25) is 0 Å². The number of hydrogen-bond acceptors (Lipinski definition) is 3. The zero-order valence-electron chi connectivity index (χ0n) is 7.42. The smallest absolute Gasteiger partial charge is 0.291 e. The minimum atomic E-state index is -0.0834. The molecule has 0 rings (SSSR count). The van der Waals surface area contributed by atoms with Crippen molar-refractivity contribution in [3.05, 3.63) is 0 Å². The second-order valence-electron chi connectivity index (χ2n) is 2.51. The standard InChI is InChI=1S/C7H16O3Si/c1-6(9-2)4-3-5-7(8)10-11/h6H,3-5H2,1-2,11H3. The molecular weight excluding hydrogens is 160 g/mol. The van der Waals surface area contributed by atoms with Crippen LogP contribution in [0.3, 0.4) is 0 Å². The zero-order valence-corrected chi connectivity index (χ0v) is 9.42. The van der Waals surface area contributed by atoms with Crippen LogP contribution >= 0.6 is 0 Å². The summed E-state index contributed by atoms with van der Waals surface area (Å²) in [6, 6.07) is 0. The van der Waals surface area contributed by atoms with Gasteiger partial charge in [-0.15, -0.1) is 0 Å². The number of hydrogen-bond donors (Lipinski definition) is 0. The molecule has 0 saturated heterocycles. The normalized spacial score (nSPS) is 12.9. The Bertz CT molecular complexity index is 116. The summed E-state index contributed by atoms with van der Waals surface area (Å²) in [6.45, 7) is 1.99. The number of carbonyl (C=O) groups excluding carboxylic acids is 1. The fourth-order valence-electron chi connectivity index (χ4n) is 0.754. The number of carbonyl (C=O) groups is 1. The van der Waals surface area contributed by atoms with Crippen LogP contribution in [0.4, 0.5) is 0 Å². The predicted octanol–water partition coefficient (Wildman–Crippen LogP) is 0.0152. The molecule has 0 radical (unpaired) electrons. The lowest BCUT2D eigenvalue weighted by Crippen LogP contribution is -2.07. The van der Waals surface area contributed by atoms with E-state index < -0.39 is 0 Å². The van der Waals surface area contributed by atoms with Crippen LogP contribution in [0.15, 0.2) is 0 Å². The van der Waals surface area contributed by atoms with E-state index in [1.807, 2.05) is 6.92 Å². The molecule has 11 heavy (non-hydrogen) atoms. The van der Waals surface area contributed by atoms with E-state index in [2.05, 4.69) is 4.43 Å². The quantitative estimate of drug-likeness (QED) is 0.554. The highest BCUT2D eigenvalue weighted by Gasteiger charge is 2.02. The fraction of sp³-hybridized carbons (Fsp3) is 0.857. The van der Waals surface area contributed by atoms with Gasteiger partial charge in [-0.2, -0.15) is 0 Å². The Morgan fingerprint density at radius 3 is 2.73 bits per heavy atom. The summed E-state index contributed by atoms with van der Waals surface area (Å²) in [7, 11) is 2.18. The lowest BCUT2D eigenvalue weighted by molar-refractivity contribution is -0.134. The average molecular weight is 176 g/mol. The van der Waals surface area contributed by atoms with Crippen molar-refractivity contribution in [1.82, 2.24) is 0 Å². The van der Waals surface area contributed by atoms with Gasteiger partial charge in [-0.25, -0.2) is 0 Å². The van der Waals surface area contributed by atoms with Crippen molar-refractivity contribution in [2.45, 2.75) is 32.3 Å². The zero-order chi connectivity index (χ0) is 8.69. The summed E-state index contributed by atoms with van der Waals surface area (Å²) in [5, 5.41) is 0. The van der Waals surface area contributed by atoms with Gasteiger partial charge < -0.3 is 9.16 Å². The minimum absolute atomic E-state index is 0.0834. The lowest BCUT2D eigenvalue weighted by Gasteiger charge is -2.07. The Kier molecular flexibility index (Phi) is 6.16. The second kappa shape index (κ2) is 6.36. The van der Waals surface area contributed by atoms with E-state index in [1.54, 1.807) is 7.11 Å². The van der Waals surface area contributed by atoms with Gasteiger partial charge in [0.15, 0.2) is 0 Å². The SMILES string of the molecule is COC(C)CCCC(=O)O[SiH3]. The number of rotatable bonds is 5. The molecule has 0 spiro atoms. The maximum Gasteiger partial charge on any atom is 0.291 e. The Labute approximate surface area is 70.6 Å². The molecule has 0 aromatic heterocycles. The second-order valence-corrected chi connectivity index (χ2v) is 2.92. The van der Waals surface area contributed by atoms with Gasteiger partial charge in [0.05, 0.1) is 6.10 Å². The largest absolute Gasteiger partial charge is 0.529 e. The summed E-state index contributed by atoms with van der Waals surface area (Å²) in [6.07, 6.45) is 2.55. The number of ether oxygens (including phenoxy) is 1. The molecule has 0 aromatic carbocycles. The van der Waals surface area contributed by atoms with Gasteiger partial charge in [-0.05, 0) is 19.8 Å². The molecule has 1 unspecified atom stereocenters. The number of methoxy groups -OCH3 is 1. The summed E-state index contributed by atoms with van der Waals surface area (Å²) in [5.74, 6) is -0.0834. The molecule has 0 saturated carbocycles. The van der Waals surface area contributed by atoms with Crippen LogP contribution in [0.5, 0.6) is 0 Å². The van der Waals surface area contributed by atoms with Crippen LogP contribution < -0.4 is 0 Å². The van der Waals surface area contributed by atoms with Gasteiger partial charge in [0, 0.05) is 13.5 Å². The molecular formula is C7H16O3Si. The molecule has 0 N–H and O–H groups in total. The van der Waals surface area contributed by atoms with Crippen molar-refractivity contribution in [3.63, 3.8) is 0 Å². The third-order valence-corrected chi connectivity index (χ3v) is 2.08. The fourth-order valence-corrected chi connectivity index (χ4v) is 0.958. The molecule has 0 aliphatic heterocycles. The molecule has 0 bridgehead atoms. The van der Waals surface area contributed by atoms with Crippen molar-refractivity contribution < 1.29 is 14.0 Å². The summed E-state index contributed by atoms with van der Waals surface area (Å²) < 4.78 is 9.65. The molecule has 0 amide bonds. The predicted molar refractivity (Wildman–Crippen MR) is 46.4 cm³/mol. The molecule has 0 aliphatic rings. The van der Waals surface area contributed by atoms with Crippen LogP contribution in [-0.4, -0.2) is 29.7 Å². The van der Waals surface area contributed by atoms with Gasteiger partial charge in [0.25, 0.3) is 5.97 Å². The van der Waals surface area contributed by atoms with Crippen LogP contribution in [0, 0.1) is 0 Å². The van der Waals surface area contributed by atoms with Crippen molar-refractivity contribution >= 4 is 16.5 Å². The van der Waals surface area contributed by atoms with Crippen molar-refractivity contribution in [1.29, 1.82) is 0 Å². The van der Waals surface area contributed by atoms with Crippen molar-refractivity contribution in [2.75, 3.05) is 7.11 Å². The van der Waals surface area contributed by atoms with Crippen molar-refractivity contribution in [3.8, 4) is 0 Å². The summed E-state index contributed by atoms with van der Waals surface area (Å²) in [4.78, 5) is 10.7. The van der Waals surface area contributed by atoms with Gasteiger partial charge in [-0.3, -0.25) is 4.79 Å². The van der Waals surface area contributed by atoms with Crippen LogP contribution in [0.25, 0.3) is 0 Å². The summed E-state index contributed by atoms with van der Waals surface area (Å²) >= 11 is 0. The van der Waals surface area contributed by atoms with Crippen LogP contribution in [0.1, 0.15) is 26.2 Å². The average Bonchev–Trinajstić information content (AvgIpc) is 2.04. The van der Waals surface area contributed by atoms with Gasteiger partial charge in [0.1, 0.15) is 0 Å². The molecule has 3 nitrogen and oxygen atoms in total. The minimum Gasteiger partial charge on any atom is -0.529 e. The van der Waals surface area contributed by atoms with Gasteiger partial charge in [-0.1, -0.05) is 0 Å². The topological polar surface area (TPSA) is 35.5 Å². The lowest BCUT2D eigenvalue weighted by atomic mass is 10.2. The highest BCUT2D eigenvalue weighted by Crippen LogP contribution is 2.03. The maximum absolute atomic E-state index is 10.7. The molecule has 66 valence electrons. The third-order valence-electron chi connectivity index (χ3n) is 1.62. The van der Waals surface area contributed by atoms with Crippen LogP contribution in [-0.2, 0) is 14.0 Å². The summed E-state index contributed by atoms with van der Waals surface area (Å²) in [5.41, 5.74) is 0. The Morgan fingerprint density at radius 1 is 1.64 bits per heavy atom. The Morgan fingerprint density at radius 2 is 2.27 bits per heavy atom. The van der Waals surface area contributed by atoms with Gasteiger partial charge >= 0.3 is 0 Å². The maximum atomic E-state index is 10.7. The van der Waals surface area contributed by atoms with Gasteiger partial charge in [0.2, 0.25) is 10.5 Å². The van der Waals surface area contributed by atoms with E-state index in [0.717, 1.165) is 12.8 Å². The first-order valence-corrected chi connectivity index (χ1v) is 4.62. The first-order valence-electron chi connectivity index (χ1n) is 3.80. The van der Waals surface area contributed by atoms with E-state index in [0.29, 0.717) is 16.9 Å². The molecule has 0 heterocycles. The monoisotopic (exact) mass is 176 g/mol.